The lowest BCUT2D eigenvalue weighted by Gasteiger charge is -2.36. The highest BCUT2D eigenvalue weighted by atomic mass is 35.5. The maximum Gasteiger partial charge on any atom is 0.255 e. The van der Waals surface area contributed by atoms with Crippen LogP contribution in [0.2, 0.25) is 10.0 Å². The molecule has 0 radical (unpaired) electrons. The topological polar surface area (TPSA) is 40.6 Å². The van der Waals surface area contributed by atoms with Gasteiger partial charge in [0.15, 0.2) is 0 Å². The second-order valence-corrected chi connectivity index (χ2v) is 6.60. The molecule has 0 spiro atoms. The van der Waals surface area contributed by atoms with E-state index in [1.807, 2.05) is 18.7 Å². The van der Waals surface area contributed by atoms with Gasteiger partial charge in [-0.1, -0.05) is 37.0 Å². The maximum atomic E-state index is 12.5. The third-order valence-corrected chi connectivity index (χ3v) is 4.92. The van der Waals surface area contributed by atoms with Crippen molar-refractivity contribution in [3.63, 3.8) is 0 Å². The molecule has 0 aliphatic carbocycles. The van der Waals surface area contributed by atoms with Crippen LogP contribution in [0.25, 0.3) is 0 Å². The molecule has 1 heterocycles. The van der Waals surface area contributed by atoms with Crippen molar-refractivity contribution in [2.45, 2.75) is 26.7 Å². The fraction of sp³-hybridized carbons (Fsp3) is 0.529. The molecule has 4 nitrogen and oxygen atoms in total. The Hall–Kier alpha value is -1.26. The van der Waals surface area contributed by atoms with Crippen LogP contribution in [-0.2, 0) is 4.79 Å². The zero-order chi connectivity index (χ0) is 17.0. The summed E-state index contributed by atoms with van der Waals surface area (Å²) in [6.45, 7) is 6.29. The van der Waals surface area contributed by atoms with Gasteiger partial charge in [0.05, 0.1) is 10.6 Å². The molecule has 1 saturated heterocycles. The van der Waals surface area contributed by atoms with E-state index in [0.29, 0.717) is 41.8 Å². The van der Waals surface area contributed by atoms with Gasteiger partial charge < -0.3 is 9.80 Å². The molecule has 0 bridgehead atoms. The molecule has 0 saturated carbocycles. The fourth-order valence-corrected chi connectivity index (χ4v) is 3.35. The average Bonchev–Trinajstić information content (AvgIpc) is 2.55. The lowest BCUT2D eigenvalue weighted by Crippen LogP contribution is -2.51. The third kappa shape index (κ3) is 4.18. The van der Waals surface area contributed by atoms with Crippen LogP contribution < -0.4 is 0 Å². The molecule has 0 aromatic heterocycles. The van der Waals surface area contributed by atoms with Crippen LogP contribution in [0.15, 0.2) is 18.2 Å². The second-order valence-electron chi connectivity index (χ2n) is 5.76. The van der Waals surface area contributed by atoms with Crippen LogP contribution in [0, 0.1) is 5.92 Å². The van der Waals surface area contributed by atoms with Gasteiger partial charge in [-0.3, -0.25) is 9.59 Å². The number of amides is 2. The van der Waals surface area contributed by atoms with E-state index in [1.54, 1.807) is 23.1 Å². The predicted molar refractivity (Wildman–Crippen MR) is 93.0 cm³/mol. The molecule has 1 aliphatic rings. The highest BCUT2D eigenvalue weighted by Gasteiger charge is 2.28. The first-order chi connectivity index (χ1) is 11.0. The van der Waals surface area contributed by atoms with E-state index in [0.717, 1.165) is 12.8 Å². The number of hydrogen-bond acceptors (Lipinski definition) is 2. The molecule has 1 aliphatic heterocycles. The van der Waals surface area contributed by atoms with Crippen LogP contribution in [0.1, 0.15) is 37.0 Å². The smallest absolute Gasteiger partial charge is 0.255 e. The Morgan fingerprint density at radius 1 is 1.04 bits per heavy atom. The van der Waals surface area contributed by atoms with Crippen LogP contribution in [0.5, 0.6) is 0 Å². The normalized spacial score (nSPS) is 15.2. The largest absolute Gasteiger partial charge is 0.339 e. The molecular formula is C17H22Cl2N2O2. The molecule has 0 N–H and O–H groups in total. The summed E-state index contributed by atoms with van der Waals surface area (Å²) in [6.07, 6.45) is 1.71. The summed E-state index contributed by atoms with van der Waals surface area (Å²) < 4.78 is 0. The molecule has 1 fully saturated rings. The van der Waals surface area contributed by atoms with Crippen molar-refractivity contribution in [3.8, 4) is 0 Å². The summed E-state index contributed by atoms with van der Waals surface area (Å²) in [4.78, 5) is 28.5. The lowest BCUT2D eigenvalue weighted by atomic mass is 10.0. The summed E-state index contributed by atoms with van der Waals surface area (Å²) in [5.41, 5.74) is 0.454. The first-order valence-electron chi connectivity index (χ1n) is 8.01. The van der Waals surface area contributed by atoms with Crippen molar-refractivity contribution < 1.29 is 9.59 Å². The minimum absolute atomic E-state index is 0.0861. The van der Waals surface area contributed by atoms with E-state index >= 15 is 0 Å². The van der Waals surface area contributed by atoms with E-state index < -0.39 is 0 Å². The molecule has 0 unspecified atom stereocenters. The van der Waals surface area contributed by atoms with Crippen LogP contribution >= 0.6 is 23.2 Å². The molecule has 2 amide bonds. The number of rotatable bonds is 4. The number of carbonyl (C=O) groups is 2. The molecular weight excluding hydrogens is 335 g/mol. The standard InChI is InChI=1S/C17H22Cl2N2O2/c1-3-12(4-2)16(22)20-7-9-21(10-8-20)17(23)14-6-5-13(18)11-15(14)19/h5-6,11-12H,3-4,7-10H2,1-2H3. The highest BCUT2D eigenvalue weighted by molar-refractivity contribution is 6.36. The average molecular weight is 357 g/mol. The van der Waals surface area contributed by atoms with Gasteiger partial charge in [-0.2, -0.15) is 0 Å². The Labute approximate surface area is 147 Å². The number of halogens is 2. The van der Waals surface area contributed by atoms with Gasteiger partial charge in [0.1, 0.15) is 0 Å². The van der Waals surface area contributed by atoms with E-state index in [1.165, 1.54) is 0 Å². The van der Waals surface area contributed by atoms with Crippen molar-refractivity contribution in [1.82, 2.24) is 9.80 Å². The summed E-state index contributed by atoms with van der Waals surface area (Å²) in [5.74, 6) is 0.177. The molecule has 1 aromatic rings. The van der Waals surface area contributed by atoms with Gasteiger partial charge in [-0.25, -0.2) is 0 Å². The summed E-state index contributed by atoms with van der Waals surface area (Å²) in [6, 6.07) is 4.88. The van der Waals surface area contributed by atoms with E-state index in [9.17, 15) is 9.59 Å². The van der Waals surface area contributed by atoms with E-state index in [2.05, 4.69) is 0 Å². The van der Waals surface area contributed by atoms with Crippen molar-refractivity contribution in [1.29, 1.82) is 0 Å². The molecule has 1 aromatic carbocycles. The van der Waals surface area contributed by atoms with Gasteiger partial charge in [-0.05, 0) is 31.0 Å². The molecule has 0 atom stereocenters. The van der Waals surface area contributed by atoms with Gasteiger partial charge in [0.2, 0.25) is 5.91 Å². The minimum atomic E-state index is -0.110. The first kappa shape index (κ1) is 18.1. The number of carbonyl (C=O) groups excluding carboxylic acids is 2. The highest BCUT2D eigenvalue weighted by Crippen LogP contribution is 2.23. The lowest BCUT2D eigenvalue weighted by molar-refractivity contribution is -0.137. The van der Waals surface area contributed by atoms with Crippen molar-refractivity contribution in [2.24, 2.45) is 5.92 Å². The third-order valence-electron chi connectivity index (χ3n) is 4.37. The van der Waals surface area contributed by atoms with Crippen molar-refractivity contribution >= 4 is 35.0 Å². The maximum absolute atomic E-state index is 12.5. The molecule has 6 heteroatoms. The Morgan fingerprint density at radius 2 is 1.61 bits per heavy atom. The SMILES string of the molecule is CCC(CC)C(=O)N1CCN(C(=O)c2ccc(Cl)cc2Cl)CC1. The van der Waals surface area contributed by atoms with Gasteiger partial charge in [0.25, 0.3) is 5.91 Å². The molecule has 2 rings (SSSR count). The van der Waals surface area contributed by atoms with E-state index in [-0.39, 0.29) is 17.7 Å². The summed E-state index contributed by atoms with van der Waals surface area (Å²) >= 11 is 12.0. The summed E-state index contributed by atoms with van der Waals surface area (Å²) in [7, 11) is 0. The zero-order valence-corrected chi connectivity index (χ0v) is 15.0. The van der Waals surface area contributed by atoms with Gasteiger partial charge in [0, 0.05) is 37.1 Å². The van der Waals surface area contributed by atoms with Crippen LogP contribution in [0.4, 0.5) is 0 Å². The van der Waals surface area contributed by atoms with Crippen molar-refractivity contribution in [3.05, 3.63) is 33.8 Å². The fourth-order valence-electron chi connectivity index (χ4n) is 2.86. The van der Waals surface area contributed by atoms with Crippen LogP contribution in [0.3, 0.4) is 0 Å². The first-order valence-corrected chi connectivity index (χ1v) is 8.76. The molecule has 126 valence electrons. The van der Waals surface area contributed by atoms with Gasteiger partial charge in [-0.15, -0.1) is 0 Å². The number of hydrogen-bond donors (Lipinski definition) is 0. The Balaban J connectivity index is 1.98. The zero-order valence-electron chi connectivity index (χ0n) is 13.5. The quantitative estimate of drug-likeness (QED) is 0.824. The second kappa shape index (κ2) is 8.02. The number of benzene rings is 1. The Kier molecular flexibility index (Phi) is 6.31. The van der Waals surface area contributed by atoms with Crippen molar-refractivity contribution in [2.75, 3.05) is 26.2 Å². The monoisotopic (exact) mass is 356 g/mol. The Morgan fingerprint density at radius 3 is 2.13 bits per heavy atom. The number of nitrogens with zero attached hydrogens (tertiary/aromatic N) is 2. The molecule has 23 heavy (non-hydrogen) atoms. The number of piperazine rings is 1. The van der Waals surface area contributed by atoms with E-state index in [4.69, 9.17) is 23.2 Å². The van der Waals surface area contributed by atoms with Gasteiger partial charge >= 0.3 is 0 Å². The summed E-state index contributed by atoms with van der Waals surface area (Å²) in [5, 5.41) is 0.866. The minimum Gasteiger partial charge on any atom is -0.339 e. The predicted octanol–water partition coefficient (Wildman–Crippen LogP) is 3.71. The van der Waals surface area contributed by atoms with Crippen LogP contribution in [-0.4, -0.2) is 47.8 Å². The Bertz CT molecular complexity index is 580.